The zero-order chi connectivity index (χ0) is 18.6. The molecule has 138 valence electrons. The highest BCUT2D eigenvalue weighted by Gasteiger charge is 2.29. The topological polar surface area (TPSA) is 99.0 Å². The van der Waals surface area contributed by atoms with Crippen molar-refractivity contribution in [1.29, 1.82) is 5.26 Å². The van der Waals surface area contributed by atoms with E-state index in [-0.39, 0.29) is 12.0 Å². The molecule has 3 heterocycles. The third kappa shape index (κ3) is 3.44. The van der Waals surface area contributed by atoms with Crippen LogP contribution in [0.2, 0.25) is 0 Å². The van der Waals surface area contributed by atoms with Crippen LogP contribution >= 0.6 is 0 Å². The molecule has 4 rings (SSSR count). The zero-order valence-corrected chi connectivity index (χ0v) is 14.9. The van der Waals surface area contributed by atoms with Gasteiger partial charge in [-0.1, -0.05) is 30.3 Å². The Hall–Kier alpha value is -3.11. The lowest BCUT2D eigenvalue weighted by Gasteiger charge is -2.20. The number of hydrogen-bond acceptors (Lipinski definition) is 6. The molecule has 0 saturated carbocycles. The van der Waals surface area contributed by atoms with Gasteiger partial charge in [0.15, 0.2) is 5.82 Å². The number of ether oxygens (including phenoxy) is 2. The highest BCUT2D eigenvalue weighted by molar-refractivity contribution is 5.93. The second kappa shape index (κ2) is 7.64. The first kappa shape index (κ1) is 17.3. The Labute approximate surface area is 157 Å². The largest absolute Gasteiger partial charge is 0.472 e. The molecule has 1 aromatic carbocycles. The molecule has 2 atom stereocenters. The number of hydrogen-bond donors (Lipinski definition) is 1. The molecule has 1 aliphatic heterocycles. The third-order valence-corrected chi connectivity index (χ3v) is 4.87. The number of benzene rings is 1. The van der Waals surface area contributed by atoms with Crippen LogP contribution in [0.4, 0.5) is 5.82 Å². The fraction of sp³-hybridized carbons (Fsp3) is 0.350. The van der Waals surface area contributed by atoms with E-state index in [9.17, 15) is 5.26 Å². The Morgan fingerprint density at radius 1 is 1.30 bits per heavy atom. The van der Waals surface area contributed by atoms with Crippen molar-refractivity contribution in [2.24, 2.45) is 5.92 Å². The first-order valence-electron chi connectivity index (χ1n) is 9.04. The summed E-state index contributed by atoms with van der Waals surface area (Å²) in [6.45, 7) is 1.50. The molecule has 27 heavy (non-hydrogen) atoms. The number of nitriles is 1. The molecule has 2 N–H and O–H groups in total. The molecule has 0 aliphatic carbocycles. The van der Waals surface area contributed by atoms with Gasteiger partial charge in [0.1, 0.15) is 12.0 Å². The Balaban J connectivity index is 1.69. The van der Waals surface area contributed by atoms with Crippen LogP contribution in [-0.2, 0) is 11.3 Å². The average molecular weight is 363 g/mol. The van der Waals surface area contributed by atoms with Crippen LogP contribution in [0.5, 0.6) is 5.88 Å². The van der Waals surface area contributed by atoms with Gasteiger partial charge in [-0.3, -0.25) is 4.68 Å². The van der Waals surface area contributed by atoms with Gasteiger partial charge in [-0.15, -0.1) is 0 Å². The highest BCUT2D eigenvalue weighted by Crippen LogP contribution is 2.34. The molecule has 1 aliphatic rings. The maximum Gasteiger partial charge on any atom is 0.227 e. The maximum atomic E-state index is 9.58. The van der Waals surface area contributed by atoms with Gasteiger partial charge in [0, 0.05) is 12.8 Å². The Kier molecular flexibility index (Phi) is 4.90. The van der Waals surface area contributed by atoms with E-state index >= 15 is 0 Å². The van der Waals surface area contributed by atoms with Gasteiger partial charge in [-0.2, -0.15) is 10.4 Å². The van der Waals surface area contributed by atoms with Crippen molar-refractivity contribution in [2.75, 3.05) is 18.9 Å². The quantitative estimate of drug-likeness (QED) is 0.765. The predicted octanol–water partition coefficient (Wildman–Crippen LogP) is 3.08. The molecule has 3 aromatic rings. The van der Waals surface area contributed by atoms with Crippen molar-refractivity contribution in [3.8, 4) is 11.9 Å². The number of anilines is 1. The number of nitrogens with zero attached hydrogens (tertiary/aromatic N) is 4. The van der Waals surface area contributed by atoms with Crippen LogP contribution in [0.3, 0.4) is 0 Å². The van der Waals surface area contributed by atoms with Gasteiger partial charge in [-0.25, -0.2) is 4.98 Å². The maximum absolute atomic E-state index is 9.58. The third-order valence-electron chi connectivity index (χ3n) is 4.87. The lowest BCUT2D eigenvalue weighted by molar-refractivity contribution is 0.110. The molecular formula is C20H21N5O2. The van der Waals surface area contributed by atoms with Crippen LogP contribution in [0.15, 0.2) is 42.6 Å². The normalized spacial score (nSPS) is 20.1. The number of rotatable bonds is 4. The van der Waals surface area contributed by atoms with E-state index in [1.807, 2.05) is 36.4 Å². The van der Waals surface area contributed by atoms with Crippen molar-refractivity contribution < 1.29 is 9.47 Å². The van der Waals surface area contributed by atoms with E-state index in [2.05, 4.69) is 16.2 Å². The standard InChI is InChI=1S/C20H21N5O2/c21-11-15-7-4-10-26-13-17(15)25-16-8-9-23-20(18(16)19(22)24-25)27-12-14-5-2-1-3-6-14/h1-3,5-6,8-9,15,17H,4,7,10,12-13H2,(H2,22,24)/t15-,17+/m1/s1. The lowest BCUT2D eigenvalue weighted by Crippen LogP contribution is -2.22. The molecule has 0 unspecified atom stereocenters. The summed E-state index contributed by atoms with van der Waals surface area (Å²) in [5, 5.41) is 14.8. The minimum Gasteiger partial charge on any atom is -0.472 e. The minimum absolute atomic E-state index is 0.170. The summed E-state index contributed by atoms with van der Waals surface area (Å²) in [7, 11) is 0. The van der Waals surface area contributed by atoms with Gasteiger partial charge >= 0.3 is 0 Å². The summed E-state index contributed by atoms with van der Waals surface area (Å²) in [6.07, 6.45) is 3.33. The molecule has 0 amide bonds. The number of fused-ring (bicyclic) bond motifs is 1. The number of nitrogen functional groups attached to an aromatic ring is 1. The van der Waals surface area contributed by atoms with E-state index in [0.717, 1.165) is 23.9 Å². The average Bonchev–Trinajstić information content (AvgIpc) is 2.89. The Bertz CT molecular complexity index is 964. The van der Waals surface area contributed by atoms with E-state index in [4.69, 9.17) is 15.2 Å². The highest BCUT2D eigenvalue weighted by atomic mass is 16.5. The molecule has 7 nitrogen and oxygen atoms in total. The van der Waals surface area contributed by atoms with Gasteiger partial charge < -0.3 is 15.2 Å². The zero-order valence-electron chi connectivity index (χ0n) is 14.9. The second-order valence-electron chi connectivity index (χ2n) is 6.63. The van der Waals surface area contributed by atoms with Crippen LogP contribution in [0.1, 0.15) is 24.4 Å². The van der Waals surface area contributed by atoms with Crippen molar-refractivity contribution in [1.82, 2.24) is 14.8 Å². The van der Waals surface area contributed by atoms with Crippen LogP contribution in [-0.4, -0.2) is 28.0 Å². The SMILES string of the molecule is N#C[C@H]1CCCOC[C@@H]1n1nc(N)c2c(OCc3ccccc3)nccc21. The molecule has 7 heteroatoms. The van der Waals surface area contributed by atoms with E-state index < -0.39 is 0 Å². The number of aromatic nitrogens is 3. The van der Waals surface area contributed by atoms with Crippen molar-refractivity contribution >= 4 is 16.7 Å². The van der Waals surface area contributed by atoms with Crippen molar-refractivity contribution in [3.05, 3.63) is 48.2 Å². The Morgan fingerprint density at radius 2 is 2.15 bits per heavy atom. The van der Waals surface area contributed by atoms with Crippen LogP contribution in [0.25, 0.3) is 10.9 Å². The van der Waals surface area contributed by atoms with Gasteiger partial charge in [0.25, 0.3) is 0 Å². The smallest absolute Gasteiger partial charge is 0.227 e. The molecule has 1 fully saturated rings. The van der Waals surface area contributed by atoms with Crippen molar-refractivity contribution in [2.45, 2.75) is 25.5 Å². The van der Waals surface area contributed by atoms with Gasteiger partial charge in [-0.05, 0) is 24.5 Å². The molecule has 0 bridgehead atoms. The lowest BCUT2D eigenvalue weighted by atomic mass is 9.97. The van der Waals surface area contributed by atoms with Crippen LogP contribution in [0, 0.1) is 17.2 Å². The van der Waals surface area contributed by atoms with Crippen molar-refractivity contribution in [3.63, 3.8) is 0 Å². The van der Waals surface area contributed by atoms with E-state index in [1.54, 1.807) is 10.9 Å². The molecule has 0 radical (unpaired) electrons. The fourth-order valence-corrected chi connectivity index (χ4v) is 3.48. The minimum atomic E-state index is -0.179. The van der Waals surface area contributed by atoms with E-state index in [0.29, 0.717) is 36.9 Å². The molecular weight excluding hydrogens is 342 g/mol. The summed E-state index contributed by atoms with van der Waals surface area (Å²) < 4.78 is 13.4. The summed E-state index contributed by atoms with van der Waals surface area (Å²) >= 11 is 0. The first-order valence-corrected chi connectivity index (χ1v) is 9.04. The second-order valence-corrected chi connectivity index (χ2v) is 6.63. The Morgan fingerprint density at radius 3 is 2.96 bits per heavy atom. The summed E-state index contributed by atoms with van der Waals surface area (Å²) in [6, 6.07) is 14.0. The van der Waals surface area contributed by atoms with Gasteiger partial charge in [0.2, 0.25) is 5.88 Å². The fourth-order valence-electron chi connectivity index (χ4n) is 3.48. The monoisotopic (exact) mass is 363 g/mol. The van der Waals surface area contributed by atoms with Gasteiger partial charge in [0.05, 0.1) is 30.2 Å². The van der Waals surface area contributed by atoms with E-state index in [1.165, 1.54) is 0 Å². The summed E-state index contributed by atoms with van der Waals surface area (Å²) in [5.41, 5.74) is 8.06. The molecule has 1 saturated heterocycles. The number of nitrogens with two attached hydrogens (primary N) is 1. The summed E-state index contributed by atoms with van der Waals surface area (Å²) in [5.74, 6) is 0.627. The molecule has 2 aromatic heterocycles. The van der Waals surface area contributed by atoms with Crippen LogP contribution < -0.4 is 10.5 Å². The first-order chi connectivity index (χ1) is 13.3. The number of pyridine rings is 1. The molecule has 0 spiro atoms. The predicted molar refractivity (Wildman–Crippen MR) is 101 cm³/mol. The summed E-state index contributed by atoms with van der Waals surface area (Å²) in [4.78, 5) is 4.35.